The first-order valence-corrected chi connectivity index (χ1v) is 8.70. The van der Waals surface area contributed by atoms with E-state index in [0.717, 1.165) is 13.1 Å². The van der Waals surface area contributed by atoms with Crippen LogP contribution in [0.3, 0.4) is 0 Å². The molecule has 2 aliphatic rings. The average molecular weight is 331 g/mol. The molecule has 0 saturated carbocycles. The quantitative estimate of drug-likeness (QED) is 0.870. The molecule has 6 nitrogen and oxygen atoms in total. The topological polar surface area (TPSA) is 70.7 Å². The third kappa shape index (κ3) is 3.53. The molecule has 1 aromatic carbocycles. The fourth-order valence-corrected chi connectivity index (χ4v) is 3.85. The summed E-state index contributed by atoms with van der Waals surface area (Å²) in [5, 5.41) is 5.71. The van der Waals surface area contributed by atoms with Crippen LogP contribution >= 0.6 is 0 Å². The Morgan fingerprint density at radius 2 is 1.83 bits per heavy atom. The van der Waals surface area contributed by atoms with Gasteiger partial charge >= 0.3 is 6.09 Å². The number of nitrogens with zero attached hydrogens (tertiary/aromatic N) is 1. The van der Waals surface area contributed by atoms with E-state index < -0.39 is 6.09 Å². The number of hydrogen-bond donors (Lipinski definition) is 2. The smallest absolute Gasteiger partial charge is 0.411 e. The zero-order chi connectivity index (χ0) is 17.0. The minimum absolute atomic E-state index is 0.0641. The predicted octanol–water partition coefficient (Wildman–Crippen LogP) is 2.61. The van der Waals surface area contributed by atoms with E-state index >= 15 is 0 Å². The van der Waals surface area contributed by atoms with Crippen LogP contribution in [-0.4, -0.2) is 48.7 Å². The van der Waals surface area contributed by atoms with Gasteiger partial charge in [-0.05, 0) is 70.0 Å². The zero-order valence-corrected chi connectivity index (χ0v) is 14.1. The lowest BCUT2D eigenvalue weighted by atomic mass is 9.94. The van der Waals surface area contributed by atoms with Gasteiger partial charge in [-0.2, -0.15) is 0 Å². The van der Waals surface area contributed by atoms with Crippen molar-refractivity contribution >= 4 is 17.7 Å². The summed E-state index contributed by atoms with van der Waals surface area (Å²) in [5.74, 6) is -0.0641. The predicted molar refractivity (Wildman–Crippen MR) is 92.2 cm³/mol. The minimum Gasteiger partial charge on any atom is -0.450 e. The van der Waals surface area contributed by atoms with Crippen molar-refractivity contribution in [1.29, 1.82) is 0 Å². The summed E-state index contributed by atoms with van der Waals surface area (Å²) in [5.41, 5.74) is 1.39. The van der Waals surface area contributed by atoms with E-state index in [4.69, 9.17) is 4.74 Å². The van der Waals surface area contributed by atoms with Gasteiger partial charge in [0.1, 0.15) is 0 Å². The van der Waals surface area contributed by atoms with Crippen molar-refractivity contribution in [2.45, 2.75) is 38.1 Å². The summed E-state index contributed by atoms with van der Waals surface area (Å²) < 4.78 is 4.82. The fourth-order valence-electron chi connectivity index (χ4n) is 3.85. The van der Waals surface area contributed by atoms with Gasteiger partial charge in [0, 0.05) is 23.3 Å². The maximum atomic E-state index is 12.4. The van der Waals surface area contributed by atoms with Crippen LogP contribution in [0.5, 0.6) is 0 Å². The molecule has 2 heterocycles. The van der Waals surface area contributed by atoms with E-state index in [2.05, 4.69) is 15.5 Å². The Morgan fingerprint density at radius 3 is 2.46 bits per heavy atom. The molecule has 2 amide bonds. The van der Waals surface area contributed by atoms with Crippen molar-refractivity contribution in [1.82, 2.24) is 10.2 Å². The molecule has 3 rings (SSSR count). The molecule has 0 radical (unpaired) electrons. The van der Waals surface area contributed by atoms with Gasteiger partial charge in [-0.15, -0.1) is 0 Å². The van der Waals surface area contributed by atoms with Crippen LogP contribution < -0.4 is 10.6 Å². The third-order valence-corrected chi connectivity index (χ3v) is 5.06. The summed E-state index contributed by atoms with van der Waals surface area (Å²) in [4.78, 5) is 26.3. The van der Waals surface area contributed by atoms with Crippen LogP contribution in [0.2, 0.25) is 0 Å². The lowest BCUT2D eigenvalue weighted by Crippen LogP contribution is -2.48. The van der Waals surface area contributed by atoms with Crippen molar-refractivity contribution in [2.24, 2.45) is 0 Å². The summed E-state index contributed by atoms with van der Waals surface area (Å²) in [6.07, 6.45) is 4.32. The number of carbonyl (C=O) groups is 2. The van der Waals surface area contributed by atoms with E-state index in [1.807, 2.05) is 0 Å². The Morgan fingerprint density at radius 1 is 1.17 bits per heavy atom. The Bertz CT molecular complexity index is 590. The molecule has 0 spiro atoms. The molecule has 2 aliphatic heterocycles. The monoisotopic (exact) mass is 331 g/mol. The first kappa shape index (κ1) is 16.8. The standard InChI is InChI=1S/C18H25N3O3/c1-2-24-17(23)20-15-7-5-14(6-8-15)16(22)19-13-18-9-3-11-21(18)12-4-10-18/h5-8H,2-4,9-13H2,1H3,(H,19,22)(H,20,23). The van der Waals surface area contributed by atoms with Crippen molar-refractivity contribution in [2.75, 3.05) is 31.6 Å². The molecule has 0 aliphatic carbocycles. The normalized spacial score (nSPS) is 18.9. The van der Waals surface area contributed by atoms with Crippen molar-refractivity contribution < 1.29 is 14.3 Å². The number of anilines is 1. The van der Waals surface area contributed by atoms with Crippen LogP contribution in [0.1, 0.15) is 43.0 Å². The Labute approximate surface area is 142 Å². The summed E-state index contributed by atoms with van der Waals surface area (Å²) >= 11 is 0. The summed E-state index contributed by atoms with van der Waals surface area (Å²) in [6.45, 7) is 5.11. The van der Waals surface area contributed by atoms with Crippen LogP contribution in [0, 0.1) is 0 Å². The highest BCUT2D eigenvalue weighted by Gasteiger charge is 2.44. The molecule has 24 heavy (non-hydrogen) atoms. The molecular weight excluding hydrogens is 306 g/mol. The number of ether oxygens (including phenoxy) is 1. The van der Waals surface area contributed by atoms with Crippen molar-refractivity contribution in [3.8, 4) is 0 Å². The zero-order valence-electron chi connectivity index (χ0n) is 14.1. The van der Waals surface area contributed by atoms with Crippen LogP contribution in [0.15, 0.2) is 24.3 Å². The maximum Gasteiger partial charge on any atom is 0.411 e. The first-order valence-electron chi connectivity index (χ1n) is 8.70. The largest absolute Gasteiger partial charge is 0.450 e. The number of nitrogens with one attached hydrogen (secondary N) is 2. The SMILES string of the molecule is CCOC(=O)Nc1ccc(C(=O)NCC23CCCN2CCC3)cc1. The Balaban J connectivity index is 1.54. The van der Waals surface area contributed by atoms with Crippen LogP contribution in [-0.2, 0) is 4.74 Å². The lowest BCUT2D eigenvalue weighted by Gasteiger charge is -2.32. The average Bonchev–Trinajstić information content (AvgIpc) is 3.13. The second-order valence-electron chi connectivity index (χ2n) is 6.52. The molecule has 0 bridgehead atoms. The highest BCUT2D eigenvalue weighted by Crippen LogP contribution is 2.38. The van der Waals surface area contributed by atoms with E-state index in [9.17, 15) is 9.59 Å². The minimum atomic E-state index is -0.489. The number of hydrogen-bond acceptors (Lipinski definition) is 4. The van der Waals surface area contributed by atoms with Gasteiger partial charge in [0.2, 0.25) is 0 Å². The van der Waals surface area contributed by atoms with E-state index in [-0.39, 0.29) is 11.4 Å². The molecule has 130 valence electrons. The number of carbonyl (C=O) groups excluding carboxylic acids is 2. The van der Waals surface area contributed by atoms with Gasteiger partial charge in [-0.1, -0.05) is 0 Å². The van der Waals surface area contributed by atoms with E-state index in [1.165, 1.54) is 25.7 Å². The molecule has 2 N–H and O–H groups in total. The van der Waals surface area contributed by atoms with Crippen molar-refractivity contribution in [3.63, 3.8) is 0 Å². The fraction of sp³-hybridized carbons (Fsp3) is 0.556. The molecule has 0 unspecified atom stereocenters. The number of benzene rings is 1. The summed E-state index contributed by atoms with van der Waals surface area (Å²) in [7, 11) is 0. The lowest BCUT2D eigenvalue weighted by molar-refractivity contribution is 0.0919. The van der Waals surface area contributed by atoms with Gasteiger partial charge in [-0.3, -0.25) is 15.0 Å². The number of amides is 2. The third-order valence-electron chi connectivity index (χ3n) is 5.06. The Kier molecular flexibility index (Phi) is 5.04. The maximum absolute atomic E-state index is 12.4. The molecule has 6 heteroatoms. The van der Waals surface area contributed by atoms with Gasteiger partial charge in [0.25, 0.3) is 5.91 Å². The molecule has 1 aromatic rings. The second kappa shape index (κ2) is 7.21. The van der Waals surface area contributed by atoms with Crippen LogP contribution in [0.25, 0.3) is 0 Å². The molecule has 2 saturated heterocycles. The van der Waals surface area contributed by atoms with Crippen molar-refractivity contribution in [3.05, 3.63) is 29.8 Å². The number of rotatable bonds is 5. The highest BCUT2D eigenvalue weighted by molar-refractivity contribution is 5.95. The molecular formula is C18H25N3O3. The Hall–Kier alpha value is -2.08. The van der Waals surface area contributed by atoms with Gasteiger partial charge in [-0.25, -0.2) is 4.79 Å². The summed E-state index contributed by atoms with van der Waals surface area (Å²) in [6, 6.07) is 6.86. The second-order valence-corrected chi connectivity index (χ2v) is 6.52. The first-order chi connectivity index (χ1) is 11.6. The van der Waals surface area contributed by atoms with Gasteiger partial charge < -0.3 is 10.1 Å². The highest BCUT2D eigenvalue weighted by atomic mass is 16.5. The number of fused-ring (bicyclic) bond motifs is 1. The van der Waals surface area contributed by atoms with Gasteiger partial charge in [0.05, 0.1) is 6.61 Å². The van der Waals surface area contributed by atoms with E-state index in [1.54, 1.807) is 31.2 Å². The van der Waals surface area contributed by atoms with E-state index in [0.29, 0.717) is 24.4 Å². The molecule has 0 aromatic heterocycles. The van der Waals surface area contributed by atoms with Crippen LogP contribution in [0.4, 0.5) is 10.5 Å². The molecule has 2 fully saturated rings. The van der Waals surface area contributed by atoms with Gasteiger partial charge in [0.15, 0.2) is 0 Å². The molecule has 0 atom stereocenters.